The Morgan fingerprint density at radius 2 is 1.73 bits per heavy atom. The molecule has 15 heavy (non-hydrogen) atoms. The van der Waals surface area contributed by atoms with Crippen molar-refractivity contribution in [1.29, 1.82) is 0 Å². The number of hydrogen-bond acceptors (Lipinski definition) is 2. The summed E-state index contributed by atoms with van der Waals surface area (Å²) in [5.74, 6) is 0. The van der Waals surface area contributed by atoms with Crippen molar-refractivity contribution < 1.29 is 0 Å². The Kier molecular flexibility index (Phi) is 2.73. The number of piperidine rings is 1. The van der Waals surface area contributed by atoms with Crippen molar-refractivity contribution in [3.05, 3.63) is 0 Å². The summed E-state index contributed by atoms with van der Waals surface area (Å²) in [6, 6.07) is 0.988. The third-order valence-electron chi connectivity index (χ3n) is 4.81. The van der Waals surface area contributed by atoms with Crippen molar-refractivity contribution in [2.45, 2.75) is 51.0 Å². The molecule has 1 saturated carbocycles. The van der Waals surface area contributed by atoms with Gasteiger partial charge in [0.25, 0.3) is 0 Å². The van der Waals surface area contributed by atoms with E-state index in [1.54, 1.807) is 0 Å². The first kappa shape index (κ1) is 10.1. The fraction of sp³-hybridized carbons (Fsp3) is 1.00. The summed E-state index contributed by atoms with van der Waals surface area (Å²) in [5, 5.41) is 3.51. The van der Waals surface area contributed by atoms with Crippen molar-refractivity contribution in [3.8, 4) is 0 Å². The summed E-state index contributed by atoms with van der Waals surface area (Å²) in [6.07, 6.45) is 10.3. The van der Waals surface area contributed by atoms with Gasteiger partial charge in [0.15, 0.2) is 0 Å². The number of nitrogens with zero attached hydrogens (tertiary/aromatic N) is 1. The van der Waals surface area contributed by atoms with Crippen LogP contribution in [0.2, 0.25) is 0 Å². The standard InChI is InChI=1S/C13H24N2/c1-4-13(5-8-14-9-6-13)7-11-15(10-1)12-2-3-12/h12,14H,1-11H2. The molecule has 2 saturated heterocycles. The molecular weight excluding hydrogens is 184 g/mol. The molecule has 86 valence electrons. The van der Waals surface area contributed by atoms with Gasteiger partial charge in [-0.15, -0.1) is 0 Å². The van der Waals surface area contributed by atoms with Crippen molar-refractivity contribution in [1.82, 2.24) is 10.2 Å². The van der Waals surface area contributed by atoms with E-state index in [0.29, 0.717) is 0 Å². The quantitative estimate of drug-likeness (QED) is 0.709. The van der Waals surface area contributed by atoms with E-state index in [9.17, 15) is 0 Å². The predicted octanol–water partition coefficient (Wildman–Crippen LogP) is 2.00. The van der Waals surface area contributed by atoms with Gasteiger partial charge >= 0.3 is 0 Å². The second-order valence-corrected chi connectivity index (χ2v) is 5.87. The fourth-order valence-corrected chi connectivity index (χ4v) is 3.54. The second kappa shape index (κ2) is 4.06. The van der Waals surface area contributed by atoms with Gasteiger partial charge in [-0.25, -0.2) is 0 Å². The molecule has 3 aliphatic rings. The summed E-state index contributed by atoms with van der Waals surface area (Å²) >= 11 is 0. The summed E-state index contributed by atoms with van der Waals surface area (Å²) in [5.41, 5.74) is 0.731. The molecule has 2 aliphatic heterocycles. The zero-order chi connectivity index (χ0) is 10.1. The molecule has 0 unspecified atom stereocenters. The minimum atomic E-state index is 0.731. The van der Waals surface area contributed by atoms with E-state index in [0.717, 1.165) is 11.5 Å². The fourth-order valence-electron chi connectivity index (χ4n) is 3.54. The zero-order valence-electron chi connectivity index (χ0n) is 9.80. The number of likely N-dealkylation sites (tertiary alicyclic amines) is 1. The van der Waals surface area contributed by atoms with Gasteiger partial charge in [0.05, 0.1) is 0 Å². The van der Waals surface area contributed by atoms with Crippen molar-refractivity contribution in [2.24, 2.45) is 5.41 Å². The molecule has 0 bridgehead atoms. The highest BCUT2D eigenvalue weighted by molar-refractivity contribution is 4.92. The first-order valence-corrected chi connectivity index (χ1v) is 6.83. The van der Waals surface area contributed by atoms with Gasteiger partial charge in [-0.05, 0) is 76.5 Å². The molecule has 1 spiro atoms. The first-order chi connectivity index (χ1) is 7.38. The van der Waals surface area contributed by atoms with Crippen LogP contribution in [-0.4, -0.2) is 37.1 Å². The van der Waals surface area contributed by atoms with Gasteiger partial charge in [-0.1, -0.05) is 0 Å². The van der Waals surface area contributed by atoms with Crippen molar-refractivity contribution in [2.75, 3.05) is 26.2 Å². The van der Waals surface area contributed by atoms with Crippen molar-refractivity contribution in [3.63, 3.8) is 0 Å². The maximum atomic E-state index is 3.51. The number of rotatable bonds is 1. The Hall–Kier alpha value is -0.0800. The summed E-state index contributed by atoms with van der Waals surface area (Å²) in [7, 11) is 0. The van der Waals surface area contributed by atoms with Crippen LogP contribution in [-0.2, 0) is 0 Å². The molecule has 2 heteroatoms. The van der Waals surface area contributed by atoms with Gasteiger partial charge in [0.2, 0.25) is 0 Å². The maximum Gasteiger partial charge on any atom is 0.00964 e. The molecule has 0 aromatic heterocycles. The minimum absolute atomic E-state index is 0.731. The summed E-state index contributed by atoms with van der Waals surface area (Å²) in [6.45, 7) is 5.32. The molecule has 2 nitrogen and oxygen atoms in total. The highest BCUT2D eigenvalue weighted by atomic mass is 15.2. The van der Waals surface area contributed by atoms with E-state index in [2.05, 4.69) is 10.2 Å². The Bertz CT molecular complexity index is 217. The van der Waals surface area contributed by atoms with E-state index in [1.807, 2.05) is 0 Å². The molecule has 1 N–H and O–H groups in total. The van der Waals surface area contributed by atoms with Gasteiger partial charge in [-0.3, -0.25) is 0 Å². The van der Waals surface area contributed by atoms with Crippen LogP contribution in [0.3, 0.4) is 0 Å². The molecule has 0 radical (unpaired) electrons. The van der Waals surface area contributed by atoms with Crippen LogP contribution in [0, 0.1) is 5.41 Å². The van der Waals surface area contributed by atoms with Crippen LogP contribution in [0.5, 0.6) is 0 Å². The van der Waals surface area contributed by atoms with E-state index in [1.165, 1.54) is 71.1 Å². The van der Waals surface area contributed by atoms with Gasteiger partial charge in [0, 0.05) is 6.04 Å². The molecule has 3 fully saturated rings. The molecule has 0 atom stereocenters. The van der Waals surface area contributed by atoms with Crippen LogP contribution in [0.25, 0.3) is 0 Å². The lowest BCUT2D eigenvalue weighted by molar-refractivity contribution is 0.167. The topological polar surface area (TPSA) is 15.3 Å². The first-order valence-electron chi connectivity index (χ1n) is 6.83. The lowest BCUT2D eigenvalue weighted by atomic mass is 9.73. The van der Waals surface area contributed by atoms with Crippen LogP contribution in [0.15, 0.2) is 0 Å². The van der Waals surface area contributed by atoms with E-state index in [-0.39, 0.29) is 0 Å². The third-order valence-corrected chi connectivity index (χ3v) is 4.81. The van der Waals surface area contributed by atoms with Crippen LogP contribution >= 0.6 is 0 Å². The predicted molar refractivity (Wildman–Crippen MR) is 63.0 cm³/mol. The van der Waals surface area contributed by atoms with Crippen molar-refractivity contribution >= 4 is 0 Å². The molecule has 1 aliphatic carbocycles. The average molecular weight is 208 g/mol. The van der Waals surface area contributed by atoms with E-state index < -0.39 is 0 Å². The third kappa shape index (κ3) is 2.21. The van der Waals surface area contributed by atoms with Crippen LogP contribution in [0.4, 0.5) is 0 Å². The molecule has 0 aromatic carbocycles. The van der Waals surface area contributed by atoms with E-state index in [4.69, 9.17) is 0 Å². The smallest absolute Gasteiger partial charge is 0.00964 e. The molecule has 3 rings (SSSR count). The lowest BCUT2D eigenvalue weighted by Crippen LogP contribution is -2.37. The van der Waals surface area contributed by atoms with E-state index >= 15 is 0 Å². The van der Waals surface area contributed by atoms with Crippen LogP contribution < -0.4 is 5.32 Å². The minimum Gasteiger partial charge on any atom is -0.317 e. The molecule has 0 amide bonds. The SMILES string of the molecule is C1CN(C2CC2)CCC2(C1)CCNCC2. The van der Waals surface area contributed by atoms with Gasteiger partial charge in [0.1, 0.15) is 0 Å². The summed E-state index contributed by atoms with van der Waals surface area (Å²) < 4.78 is 0. The Balaban J connectivity index is 1.61. The second-order valence-electron chi connectivity index (χ2n) is 5.87. The normalized spacial score (nSPS) is 32.8. The molecule has 2 heterocycles. The molecular formula is C13H24N2. The number of nitrogens with one attached hydrogen (secondary N) is 1. The van der Waals surface area contributed by atoms with Gasteiger partial charge < -0.3 is 10.2 Å². The average Bonchev–Trinajstić information content (AvgIpc) is 3.07. The Morgan fingerprint density at radius 3 is 2.47 bits per heavy atom. The maximum absolute atomic E-state index is 3.51. The zero-order valence-corrected chi connectivity index (χ0v) is 9.80. The summed E-state index contributed by atoms with van der Waals surface area (Å²) in [4.78, 5) is 2.77. The van der Waals surface area contributed by atoms with Crippen LogP contribution in [0.1, 0.15) is 44.9 Å². The van der Waals surface area contributed by atoms with Gasteiger partial charge in [-0.2, -0.15) is 0 Å². The highest BCUT2D eigenvalue weighted by Crippen LogP contribution is 2.41. The highest BCUT2D eigenvalue weighted by Gasteiger charge is 2.37. The monoisotopic (exact) mass is 208 g/mol. The Labute approximate surface area is 93.4 Å². The Morgan fingerprint density at radius 1 is 0.933 bits per heavy atom. The lowest BCUT2D eigenvalue weighted by Gasteiger charge is -2.37. The number of hydrogen-bond donors (Lipinski definition) is 1. The largest absolute Gasteiger partial charge is 0.317 e. The molecule has 0 aromatic rings.